The van der Waals surface area contributed by atoms with Gasteiger partial charge in [0, 0.05) is 13.1 Å². The topological polar surface area (TPSA) is 12.0 Å². The molecule has 0 amide bonds. The molecule has 0 bridgehead atoms. The third kappa shape index (κ3) is 2.52. The molecule has 1 aliphatic carbocycles. The molecule has 1 fully saturated rings. The molecule has 1 heteroatoms. The second kappa shape index (κ2) is 4.97. The van der Waals surface area contributed by atoms with Crippen LogP contribution in [0.15, 0.2) is 42.5 Å². The fourth-order valence-corrected chi connectivity index (χ4v) is 3.01. The van der Waals surface area contributed by atoms with Gasteiger partial charge < -0.3 is 5.32 Å². The summed E-state index contributed by atoms with van der Waals surface area (Å²) in [6, 6.07) is 15.2. The van der Waals surface area contributed by atoms with Gasteiger partial charge in [-0.15, -0.1) is 0 Å². The zero-order chi connectivity index (χ0) is 13.3. The van der Waals surface area contributed by atoms with Crippen molar-refractivity contribution >= 4 is 10.8 Å². The van der Waals surface area contributed by atoms with Crippen molar-refractivity contribution in [2.45, 2.75) is 33.2 Å². The molecule has 1 nitrogen and oxygen atoms in total. The normalized spacial score (nSPS) is 17.0. The van der Waals surface area contributed by atoms with Crippen LogP contribution in [0.25, 0.3) is 10.8 Å². The second-order valence-corrected chi connectivity index (χ2v) is 6.26. The summed E-state index contributed by atoms with van der Waals surface area (Å²) >= 11 is 0. The third-order valence-corrected chi connectivity index (χ3v) is 4.79. The minimum atomic E-state index is 0.588. The molecule has 2 aromatic carbocycles. The highest BCUT2D eigenvalue weighted by molar-refractivity contribution is 5.85. The van der Waals surface area contributed by atoms with Crippen molar-refractivity contribution in [3.63, 3.8) is 0 Å². The van der Waals surface area contributed by atoms with E-state index in [4.69, 9.17) is 0 Å². The van der Waals surface area contributed by atoms with Gasteiger partial charge in [-0.1, -0.05) is 56.3 Å². The monoisotopic (exact) mass is 253 g/mol. The van der Waals surface area contributed by atoms with E-state index in [9.17, 15) is 0 Å². The molecule has 1 aliphatic rings. The maximum Gasteiger partial charge on any atom is 0.0211 e. The molecular weight excluding hydrogens is 230 g/mol. The molecular formula is C18H23N. The van der Waals surface area contributed by atoms with Crippen LogP contribution in [-0.2, 0) is 6.54 Å². The number of hydrogen-bond donors (Lipinski definition) is 1. The van der Waals surface area contributed by atoms with Crippen molar-refractivity contribution in [3.8, 4) is 0 Å². The Hall–Kier alpha value is -1.34. The van der Waals surface area contributed by atoms with Crippen molar-refractivity contribution in [1.82, 2.24) is 5.32 Å². The van der Waals surface area contributed by atoms with E-state index in [0.717, 1.165) is 19.0 Å². The molecule has 0 radical (unpaired) electrons. The molecule has 0 aliphatic heterocycles. The van der Waals surface area contributed by atoms with Gasteiger partial charge in [-0.25, -0.2) is 0 Å². The van der Waals surface area contributed by atoms with E-state index in [1.54, 1.807) is 0 Å². The van der Waals surface area contributed by atoms with Gasteiger partial charge in [0.25, 0.3) is 0 Å². The summed E-state index contributed by atoms with van der Waals surface area (Å²) in [5.41, 5.74) is 2.00. The SMILES string of the molecule is CC(C)C1(CNCc2cccc3ccccc23)CC1. The number of rotatable bonds is 5. The molecule has 3 rings (SSSR count). The summed E-state index contributed by atoms with van der Waals surface area (Å²) in [5, 5.41) is 6.40. The van der Waals surface area contributed by atoms with Crippen molar-refractivity contribution < 1.29 is 0 Å². The van der Waals surface area contributed by atoms with Gasteiger partial charge >= 0.3 is 0 Å². The average molecular weight is 253 g/mol. The third-order valence-electron chi connectivity index (χ3n) is 4.79. The molecule has 0 spiro atoms. The lowest BCUT2D eigenvalue weighted by Crippen LogP contribution is -2.27. The molecule has 2 aromatic rings. The molecule has 19 heavy (non-hydrogen) atoms. The van der Waals surface area contributed by atoms with Crippen molar-refractivity contribution in [3.05, 3.63) is 48.0 Å². The average Bonchev–Trinajstić information content (AvgIpc) is 3.20. The Labute approximate surface area is 116 Å². The maximum atomic E-state index is 3.68. The lowest BCUT2D eigenvalue weighted by molar-refractivity contribution is 0.338. The molecule has 0 saturated heterocycles. The van der Waals surface area contributed by atoms with Crippen molar-refractivity contribution in [2.24, 2.45) is 11.3 Å². The van der Waals surface area contributed by atoms with Gasteiger partial charge in [-0.05, 0) is 40.5 Å². The van der Waals surface area contributed by atoms with E-state index < -0.39 is 0 Å². The van der Waals surface area contributed by atoms with Crippen LogP contribution < -0.4 is 5.32 Å². The summed E-state index contributed by atoms with van der Waals surface area (Å²) in [4.78, 5) is 0. The first-order valence-electron chi connectivity index (χ1n) is 7.39. The molecule has 1 N–H and O–H groups in total. The van der Waals surface area contributed by atoms with Crippen molar-refractivity contribution in [2.75, 3.05) is 6.54 Å². The van der Waals surface area contributed by atoms with Crippen LogP contribution in [0.2, 0.25) is 0 Å². The summed E-state index contributed by atoms with van der Waals surface area (Å²) < 4.78 is 0. The van der Waals surface area contributed by atoms with E-state index in [1.807, 2.05) is 0 Å². The molecule has 0 aromatic heterocycles. The standard InChI is InChI=1S/C18H23N/c1-14(2)18(10-11-18)13-19-12-16-8-5-7-15-6-3-4-9-17(15)16/h3-9,14,19H,10-13H2,1-2H3. The highest BCUT2D eigenvalue weighted by atomic mass is 14.9. The molecule has 0 unspecified atom stereocenters. The summed E-state index contributed by atoms with van der Waals surface area (Å²) in [5.74, 6) is 0.799. The fourth-order valence-electron chi connectivity index (χ4n) is 3.01. The highest BCUT2D eigenvalue weighted by Crippen LogP contribution is 2.51. The first-order valence-corrected chi connectivity index (χ1v) is 7.39. The lowest BCUT2D eigenvalue weighted by Gasteiger charge is -2.20. The molecule has 1 saturated carbocycles. The van der Waals surface area contributed by atoms with Crippen LogP contribution in [0.1, 0.15) is 32.3 Å². The Morgan fingerprint density at radius 2 is 1.79 bits per heavy atom. The van der Waals surface area contributed by atoms with Crippen LogP contribution in [0.4, 0.5) is 0 Å². The Bertz CT molecular complexity index is 561. The Morgan fingerprint density at radius 3 is 2.53 bits per heavy atom. The second-order valence-electron chi connectivity index (χ2n) is 6.26. The smallest absolute Gasteiger partial charge is 0.0211 e. The van der Waals surface area contributed by atoms with Crippen LogP contribution in [0, 0.1) is 11.3 Å². The van der Waals surface area contributed by atoms with Gasteiger partial charge in [-0.2, -0.15) is 0 Å². The predicted molar refractivity (Wildman–Crippen MR) is 82.2 cm³/mol. The Morgan fingerprint density at radius 1 is 1.05 bits per heavy atom. The van der Waals surface area contributed by atoms with Gasteiger partial charge in [0.2, 0.25) is 0 Å². The fraction of sp³-hybridized carbons (Fsp3) is 0.444. The van der Waals surface area contributed by atoms with Crippen LogP contribution in [0.5, 0.6) is 0 Å². The number of fused-ring (bicyclic) bond motifs is 1. The van der Waals surface area contributed by atoms with E-state index in [2.05, 4.69) is 61.6 Å². The molecule has 0 atom stereocenters. The first kappa shape index (κ1) is 12.7. The van der Waals surface area contributed by atoms with E-state index in [0.29, 0.717) is 5.41 Å². The van der Waals surface area contributed by atoms with E-state index in [-0.39, 0.29) is 0 Å². The van der Waals surface area contributed by atoms with Crippen molar-refractivity contribution in [1.29, 1.82) is 0 Å². The van der Waals surface area contributed by atoms with Gasteiger partial charge in [-0.3, -0.25) is 0 Å². The van der Waals surface area contributed by atoms with E-state index in [1.165, 1.54) is 29.2 Å². The highest BCUT2D eigenvalue weighted by Gasteiger charge is 2.44. The summed E-state index contributed by atoms with van der Waals surface area (Å²) in [6.45, 7) is 6.85. The maximum absolute atomic E-state index is 3.68. The molecule has 100 valence electrons. The van der Waals surface area contributed by atoms with Gasteiger partial charge in [0.05, 0.1) is 0 Å². The Kier molecular flexibility index (Phi) is 3.32. The number of benzene rings is 2. The van der Waals surface area contributed by atoms with Crippen LogP contribution in [0.3, 0.4) is 0 Å². The zero-order valence-electron chi connectivity index (χ0n) is 11.9. The summed E-state index contributed by atoms with van der Waals surface area (Å²) in [7, 11) is 0. The van der Waals surface area contributed by atoms with Crippen LogP contribution >= 0.6 is 0 Å². The minimum Gasteiger partial charge on any atom is -0.312 e. The van der Waals surface area contributed by atoms with Crippen LogP contribution in [-0.4, -0.2) is 6.54 Å². The quantitative estimate of drug-likeness (QED) is 0.834. The zero-order valence-corrected chi connectivity index (χ0v) is 11.9. The number of nitrogens with one attached hydrogen (secondary N) is 1. The minimum absolute atomic E-state index is 0.588. The first-order chi connectivity index (χ1) is 9.21. The largest absolute Gasteiger partial charge is 0.312 e. The molecule has 0 heterocycles. The predicted octanol–water partition coefficient (Wildman–Crippen LogP) is 4.37. The van der Waals surface area contributed by atoms with Gasteiger partial charge in [0.1, 0.15) is 0 Å². The Balaban J connectivity index is 1.69. The van der Waals surface area contributed by atoms with E-state index >= 15 is 0 Å². The lowest BCUT2D eigenvalue weighted by atomic mass is 9.92. The summed E-state index contributed by atoms with van der Waals surface area (Å²) in [6.07, 6.45) is 2.79. The van der Waals surface area contributed by atoms with Gasteiger partial charge in [0.15, 0.2) is 0 Å². The number of hydrogen-bond acceptors (Lipinski definition) is 1.